The molecule has 0 bridgehead atoms. The van der Waals surface area contributed by atoms with Crippen LogP contribution in [0.3, 0.4) is 0 Å². The van der Waals surface area contributed by atoms with Gasteiger partial charge in [0.05, 0.1) is 22.0 Å². The third kappa shape index (κ3) is 5.53. The Kier molecular flexibility index (Phi) is 6.60. The highest BCUT2D eigenvalue weighted by Gasteiger charge is 2.15. The number of hydrogen-bond acceptors (Lipinski definition) is 7. The van der Waals surface area contributed by atoms with Crippen LogP contribution in [0.5, 0.6) is 0 Å². The minimum absolute atomic E-state index is 0.0648. The number of nitrogens with one attached hydrogen (secondary N) is 2. The fourth-order valence-electron chi connectivity index (χ4n) is 3.27. The quantitative estimate of drug-likeness (QED) is 0.315. The van der Waals surface area contributed by atoms with Crippen molar-refractivity contribution in [2.75, 3.05) is 15.8 Å². The van der Waals surface area contributed by atoms with Crippen LogP contribution >= 0.6 is 0 Å². The molecule has 3 aromatic carbocycles. The highest BCUT2D eigenvalue weighted by molar-refractivity contribution is 7.92. The highest BCUT2D eigenvalue weighted by atomic mass is 32.2. The van der Waals surface area contributed by atoms with Gasteiger partial charge in [-0.25, -0.2) is 13.1 Å². The molecule has 11 heteroatoms. The van der Waals surface area contributed by atoms with Crippen molar-refractivity contribution in [1.82, 2.24) is 9.78 Å². The van der Waals surface area contributed by atoms with Crippen LogP contribution in [0.4, 0.5) is 28.6 Å². The molecule has 4 N–H and O–H groups in total. The molecule has 4 aromatic rings. The lowest BCUT2D eigenvalue weighted by Crippen LogP contribution is -2.13. The van der Waals surface area contributed by atoms with Crippen molar-refractivity contribution in [1.29, 1.82) is 0 Å². The SMILES string of the molecule is CC(=O)Nc1ccc(NS(=O)(=O)c2ccc(N=Nc3c(C)nn(-c4ccccc4)c3N)cc2)cc1. The van der Waals surface area contributed by atoms with Crippen molar-refractivity contribution in [3.63, 3.8) is 0 Å². The van der Waals surface area contributed by atoms with Gasteiger partial charge in [0.2, 0.25) is 5.91 Å². The fourth-order valence-corrected chi connectivity index (χ4v) is 4.32. The Morgan fingerprint density at radius 2 is 1.54 bits per heavy atom. The van der Waals surface area contributed by atoms with Gasteiger partial charge in [-0.05, 0) is 67.6 Å². The third-order valence-corrected chi connectivity index (χ3v) is 6.33. The van der Waals surface area contributed by atoms with Crippen LogP contribution in [0, 0.1) is 6.92 Å². The van der Waals surface area contributed by atoms with Gasteiger partial charge in [0.25, 0.3) is 10.0 Å². The fraction of sp³-hybridized carbons (Fsp3) is 0.0833. The van der Waals surface area contributed by atoms with Gasteiger partial charge in [0, 0.05) is 18.3 Å². The normalized spacial score (nSPS) is 11.5. The van der Waals surface area contributed by atoms with Crippen molar-refractivity contribution in [2.24, 2.45) is 10.2 Å². The summed E-state index contributed by atoms with van der Waals surface area (Å²) in [5.74, 6) is 0.142. The summed E-state index contributed by atoms with van der Waals surface area (Å²) in [4.78, 5) is 11.2. The van der Waals surface area contributed by atoms with E-state index < -0.39 is 10.0 Å². The van der Waals surface area contributed by atoms with Gasteiger partial charge in [0.1, 0.15) is 0 Å². The number of carbonyl (C=O) groups is 1. The molecule has 0 spiro atoms. The van der Waals surface area contributed by atoms with Crippen LogP contribution in [0.15, 0.2) is 94.0 Å². The number of sulfonamides is 1. The molecule has 4 rings (SSSR count). The van der Waals surface area contributed by atoms with Crippen LogP contribution in [0.1, 0.15) is 12.6 Å². The number of nitrogens with two attached hydrogens (primary N) is 1. The summed E-state index contributed by atoms with van der Waals surface area (Å²) in [6, 6.07) is 21.8. The smallest absolute Gasteiger partial charge is 0.261 e. The summed E-state index contributed by atoms with van der Waals surface area (Å²) < 4.78 is 29.5. The first-order valence-electron chi connectivity index (χ1n) is 10.6. The maximum Gasteiger partial charge on any atom is 0.261 e. The van der Waals surface area contributed by atoms with Gasteiger partial charge in [-0.1, -0.05) is 18.2 Å². The molecule has 0 aliphatic heterocycles. The van der Waals surface area contributed by atoms with Gasteiger partial charge < -0.3 is 11.1 Å². The molecule has 1 aromatic heterocycles. The molecular weight excluding hydrogens is 466 g/mol. The Hall–Kier alpha value is -4.51. The van der Waals surface area contributed by atoms with Crippen LogP contribution in [-0.2, 0) is 14.8 Å². The molecule has 1 heterocycles. The minimum atomic E-state index is -3.82. The van der Waals surface area contributed by atoms with E-state index in [1.165, 1.54) is 19.1 Å². The number of aromatic nitrogens is 2. The molecule has 0 aliphatic carbocycles. The maximum atomic E-state index is 12.7. The van der Waals surface area contributed by atoms with E-state index in [9.17, 15) is 13.2 Å². The molecule has 0 saturated heterocycles. The molecular formula is C24H23N7O3S. The molecule has 1 amide bonds. The van der Waals surface area contributed by atoms with Crippen molar-refractivity contribution in [3.8, 4) is 5.69 Å². The van der Waals surface area contributed by atoms with Gasteiger partial charge >= 0.3 is 0 Å². The van der Waals surface area contributed by atoms with Crippen LogP contribution in [0.2, 0.25) is 0 Å². The van der Waals surface area contributed by atoms with Gasteiger partial charge in [-0.15, -0.1) is 5.11 Å². The summed E-state index contributed by atoms with van der Waals surface area (Å²) in [6.07, 6.45) is 0. The van der Waals surface area contributed by atoms with Gasteiger partial charge in [-0.2, -0.15) is 10.2 Å². The first-order chi connectivity index (χ1) is 16.7. The van der Waals surface area contributed by atoms with E-state index in [0.29, 0.717) is 34.3 Å². The number of para-hydroxylation sites is 1. The maximum absolute atomic E-state index is 12.7. The second-order valence-corrected chi connectivity index (χ2v) is 9.31. The second kappa shape index (κ2) is 9.77. The Bertz CT molecular complexity index is 1480. The Labute approximate surface area is 202 Å². The molecule has 0 unspecified atom stereocenters. The summed E-state index contributed by atoms with van der Waals surface area (Å²) in [7, 11) is -3.82. The molecule has 0 radical (unpaired) electrons. The first-order valence-corrected chi connectivity index (χ1v) is 12.0. The Morgan fingerprint density at radius 3 is 2.17 bits per heavy atom. The number of anilines is 3. The average molecular weight is 490 g/mol. The average Bonchev–Trinajstić information content (AvgIpc) is 3.12. The number of azo groups is 1. The highest BCUT2D eigenvalue weighted by Crippen LogP contribution is 2.30. The number of nitrogens with zero attached hydrogens (tertiary/aromatic N) is 4. The number of aryl methyl sites for hydroxylation is 1. The molecule has 10 nitrogen and oxygen atoms in total. The number of amides is 1. The molecule has 0 fully saturated rings. The largest absolute Gasteiger partial charge is 0.382 e. The van der Waals surface area contributed by atoms with E-state index in [2.05, 4.69) is 25.4 Å². The molecule has 0 atom stereocenters. The first kappa shape index (κ1) is 23.6. The van der Waals surface area contributed by atoms with Crippen LogP contribution < -0.4 is 15.8 Å². The van der Waals surface area contributed by atoms with Gasteiger partial charge in [-0.3, -0.25) is 9.52 Å². The minimum Gasteiger partial charge on any atom is -0.382 e. The standard InChI is InChI=1S/C24H23N7O3S/c1-16-23(24(25)31(29-16)21-6-4-3-5-7-21)28-27-19-12-14-22(15-13-19)35(33,34)30-20-10-8-18(9-11-20)26-17(2)32/h3-15,30H,25H2,1-2H3,(H,26,32). The van der Waals surface area contributed by atoms with Gasteiger partial charge in [0.15, 0.2) is 11.5 Å². The van der Waals surface area contributed by atoms with Crippen molar-refractivity contribution >= 4 is 44.5 Å². The zero-order chi connectivity index (χ0) is 25.0. The number of hydrogen-bond donors (Lipinski definition) is 3. The monoisotopic (exact) mass is 489 g/mol. The third-order valence-electron chi connectivity index (χ3n) is 4.93. The van der Waals surface area contributed by atoms with Crippen LogP contribution in [-0.4, -0.2) is 24.1 Å². The van der Waals surface area contributed by atoms with Crippen molar-refractivity contribution in [2.45, 2.75) is 18.7 Å². The summed E-state index contributed by atoms with van der Waals surface area (Å²) in [5, 5.41) is 15.5. The van der Waals surface area contributed by atoms with Crippen molar-refractivity contribution < 1.29 is 13.2 Å². The lowest BCUT2D eigenvalue weighted by Gasteiger charge is -2.09. The lowest BCUT2D eigenvalue weighted by molar-refractivity contribution is -0.114. The second-order valence-electron chi connectivity index (χ2n) is 7.62. The Morgan fingerprint density at radius 1 is 0.914 bits per heavy atom. The number of nitrogen functional groups attached to an aromatic ring is 1. The Balaban J connectivity index is 1.48. The predicted octanol–water partition coefficient (Wildman–Crippen LogP) is 4.94. The zero-order valence-corrected chi connectivity index (χ0v) is 19.8. The van der Waals surface area contributed by atoms with E-state index >= 15 is 0 Å². The van der Waals surface area contributed by atoms with Crippen LogP contribution in [0.25, 0.3) is 5.69 Å². The van der Waals surface area contributed by atoms with E-state index in [0.717, 1.165) is 5.69 Å². The molecule has 0 aliphatic rings. The van der Waals surface area contributed by atoms with E-state index in [1.807, 2.05) is 30.3 Å². The molecule has 178 valence electrons. The van der Waals surface area contributed by atoms with Crippen molar-refractivity contribution in [3.05, 3.63) is 84.6 Å². The summed E-state index contributed by atoms with van der Waals surface area (Å²) in [6.45, 7) is 3.18. The van der Waals surface area contributed by atoms with E-state index in [4.69, 9.17) is 5.73 Å². The summed E-state index contributed by atoms with van der Waals surface area (Å²) >= 11 is 0. The van der Waals surface area contributed by atoms with E-state index in [-0.39, 0.29) is 10.8 Å². The number of carbonyl (C=O) groups excluding carboxylic acids is 1. The number of rotatable bonds is 7. The predicted molar refractivity (Wildman–Crippen MR) is 135 cm³/mol. The molecule has 0 saturated carbocycles. The summed E-state index contributed by atoms with van der Waals surface area (Å²) in [5.41, 5.74) is 9.48. The number of benzene rings is 3. The topological polar surface area (TPSA) is 144 Å². The molecule has 35 heavy (non-hydrogen) atoms. The zero-order valence-electron chi connectivity index (χ0n) is 19.0. The van der Waals surface area contributed by atoms with E-state index in [1.54, 1.807) is 48.0 Å². The lowest BCUT2D eigenvalue weighted by atomic mass is 10.3.